The molecule has 2 atom stereocenters. The van der Waals surface area contributed by atoms with Gasteiger partial charge in [0.15, 0.2) is 0 Å². The van der Waals surface area contributed by atoms with E-state index < -0.39 is 18.0 Å². The Morgan fingerprint density at radius 2 is 1.67 bits per heavy atom. The second kappa shape index (κ2) is 11.9. The van der Waals surface area contributed by atoms with Crippen molar-refractivity contribution in [3.63, 3.8) is 0 Å². The van der Waals surface area contributed by atoms with Crippen LogP contribution in [0.15, 0.2) is 89.3 Å². The van der Waals surface area contributed by atoms with Crippen LogP contribution in [0.5, 0.6) is 11.5 Å². The van der Waals surface area contributed by atoms with Crippen molar-refractivity contribution < 1.29 is 28.6 Å². The van der Waals surface area contributed by atoms with Gasteiger partial charge in [-0.15, -0.1) is 0 Å². The van der Waals surface area contributed by atoms with Crippen molar-refractivity contribution in [1.82, 2.24) is 9.88 Å². The molecule has 0 unspecified atom stereocenters. The lowest BCUT2D eigenvalue weighted by atomic mass is 10.00. The highest BCUT2D eigenvalue weighted by Gasteiger charge is 2.39. The lowest BCUT2D eigenvalue weighted by Gasteiger charge is -2.24. The number of para-hydroxylation sites is 1. The van der Waals surface area contributed by atoms with Crippen LogP contribution in [0.2, 0.25) is 0 Å². The third-order valence-electron chi connectivity index (χ3n) is 6.86. The Morgan fingerprint density at radius 1 is 0.974 bits per heavy atom. The molecule has 1 N–H and O–H groups in total. The zero-order valence-electron chi connectivity index (χ0n) is 21.7. The van der Waals surface area contributed by atoms with Gasteiger partial charge in [0.1, 0.15) is 17.3 Å². The lowest BCUT2D eigenvalue weighted by Crippen LogP contribution is -2.39. The molecular weight excluding hydrogens is 496 g/mol. The monoisotopic (exact) mass is 526 g/mol. The molecule has 5 rings (SSSR count). The largest absolute Gasteiger partial charge is 0.493 e. The van der Waals surface area contributed by atoms with E-state index in [1.807, 2.05) is 67.6 Å². The molecule has 0 bridgehead atoms. The second-order valence-corrected chi connectivity index (χ2v) is 9.59. The molecule has 0 radical (unpaired) electrons. The first-order valence-electron chi connectivity index (χ1n) is 13.0. The summed E-state index contributed by atoms with van der Waals surface area (Å²) in [6.07, 6.45) is 0.975. The van der Waals surface area contributed by atoms with Crippen LogP contribution in [0, 0.1) is 12.8 Å². The van der Waals surface area contributed by atoms with Gasteiger partial charge in [-0.1, -0.05) is 48.5 Å². The summed E-state index contributed by atoms with van der Waals surface area (Å²) < 4.78 is 17.2. The average Bonchev–Trinajstić information content (AvgIpc) is 3.54. The molecular formula is C31H30N2O6. The Labute approximate surface area is 226 Å². The number of aryl methyl sites for hydroxylation is 1. The molecule has 0 saturated carbocycles. The number of nitrogens with zero attached hydrogens (tertiary/aromatic N) is 2. The van der Waals surface area contributed by atoms with Gasteiger partial charge in [-0.25, -0.2) is 9.78 Å². The summed E-state index contributed by atoms with van der Waals surface area (Å²) in [5.74, 6) is 1.00. The van der Waals surface area contributed by atoms with Crippen LogP contribution < -0.4 is 9.47 Å². The Kier molecular flexibility index (Phi) is 7.91. The van der Waals surface area contributed by atoms with Gasteiger partial charge in [0.25, 0.3) is 0 Å². The summed E-state index contributed by atoms with van der Waals surface area (Å²) in [6.45, 7) is 2.48. The van der Waals surface area contributed by atoms with Crippen molar-refractivity contribution in [2.75, 3.05) is 13.2 Å². The van der Waals surface area contributed by atoms with Crippen LogP contribution >= 0.6 is 0 Å². The van der Waals surface area contributed by atoms with E-state index in [0.717, 1.165) is 28.3 Å². The van der Waals surface area contributed by atoms with Gasteiger partial charge in [0.2, 0.25) is 5.89 Å². The van der Waals surface area contributed by atoms with Gasteiger partial charge < -0.3 is 23.9 Å². The molecule has 1 fully saturated rings. The number of benzene rings is 3. The Bertz CT molecular complexity index is 1400. The molecule has 39 heavy (non-hydrogen) atoms. The molecule has 4 aromatic rings. The van der Waals surface area contributed by atoms with Crippen molar-refractivity contribution in [2.45, 2.75) is 32.2 Å². The maximum atomic E-state index is 12.9. The molecule has 1 aliphatic heterocycles. The second-order valence-electron chi connectivity index (χ2n) is 9.59. The first kappa shape index (κ1) is 26.0. The Hall–Kier alpha value is -4.59. The Balaban J connectivity index is 1.17. The standard InChI is InChI=1S/C31H30N2O6/c1-21-28(32-29(38-21)23-8-4-2-5-9-23)16-17-37-26-14-12-22(13-15-26)18-25-19-24(30(34)35)20-33(25)31(36)39-27-10-6-3-7-11-27/h2-15,24-25H,16-20H2,1H3,(H,34,35)/t24-,25+/m1/s1. The molecule has 0 aliphatic carbocycles. The average molecular weight is 527 g/mol. The predicted molar refractivity (Wildman–Crippen MR) is 145 cm³/mol. The molecule has 2 heterocycles. The summed E-state index contributed by atoms with van der Waals surface area (Å²) in [6, 6.07) is 26.0. The first-order chi connectivity index (χ1) is 19.0. The number of aromatic nitrogens is 1. The molecule has 1 aromatic heterocycles. The minimum Gasteiger partial charge on any atom is -0.493 e. The van der Waals surface area contributed by atoms with E-state index in [2.05, 4.69) is 4.98 Å². The zero-order chi connectivity index (χ0) is 27.2. The third kappa shape index (κ3) is 6.46. The molecule has 1 aliphatic rings. The summed E-state index contributed by atoms with van der Waals surface area (Å²) in [7, 11) is 0. The van der Waals surface area contributed by atoms with Crippen molar-refractivity contribution in [3.05, 3.63) is 102 Å². The topological polar surface area (TPSA) is 102 Å². The van der Waals surface area contributed by atoms with Gasteiger partial charge in [-0.3, -0.25) is 4.79 Å². The molecule has 1 saturated heterocycles. The van der Waals surface area contributed by atoms with Crippen LogP contribution in [0.4, 0.5) is 4.79 Å². The van der Waals surface area contributed by atoms with E-state index in [4.69, 9.17) is 13.9 Å². The minimum absolute atomic E-state index is 0.125. The zero-order valence-corrected chi connectivity index (χ0v) is 21.7. The number of carbonyl (C=O) groups is 2. The summed E-state index contributed by atoms with van der Waals surface area (Å²) >= 11 is 0. The molecule has 0 spiro atoms. The van der Waals surface area contributed by atoms with E-state index in [0.29, 0.717) is 37.5 Å². The minimum atomic E-state index is -0.906. The van der Waals surface area contributed by atoms with Crippen molar-refractivity contribution in [1.29, 1.82) is 0 Å². The number of amides is 1. The summed E-state index contributed by atoms with van der Waals surface area (Å²) in [5, 5.41) is 9.56. The van der Waals surface area contributed by atoms with Crippen molar-refractivity contribution >= 4 is 12.1 Å². The van der Waals surface area contributed by atoms with Crippen molar-refractivity contribution in [2.24, 2.45) is 5.92 Å². The van der Waals surface area contributed by atoms with Crippen LogP contribution in [-0.2, 0) is 17.6 Å². The predicted octanol–water partition coefficient (Wildman–Crippen LogP) is 5.79. The van der Waals surface area contributed by atoms with Gasteiger partial charge in [-0.2, -0.15) is 0 Å². The highest BCUT2D eigenvalue weighted by atomic mass is 16.6. The van der Waals surface area contributed by atoms with Gasteiger partial charge in [0.05, 0.1) is 18.2 Å². The van der Waals surface area contributed by atoms with Crippen molar-refractivity contribution in [3.8, 4) is 23.0 Å². The SMILES string of the molecule is Cc1oc(-c2ccccc2)nc1CCOc1ccc(C[C@H]2C[C@@H](C(=O)O)CN2C(=O)Oc2ccccc2)cc1. The summed E-state index contributed by atoms with van der Waals surface area (Å²) in [5.41, 5.74) is 2.78. The number of hydrogen-bond donors (Lipinski definition) is 1. The van der Waals surface area contributed by atoms with Gasteiger partial charge >= 0.3 is 12.1 Å². The van der Waals surface area contributed by atoms with Gasteiger partial charge in [0, 0.05) is 24.6 Å². The molecule has 8 nitrogen and oxygen atoms in total. The number of likely N-dealkylation sites (tertiary alicyclic amines) is 1. The van der Waals surface area contributed by atoms with Crippen LogP contribution in [0.1, 0.15) is 23.4 Å². The fraction of sp³-hybridized carbons (Fsp3) is 0.258. The number of ether oxygens (including phenoxy) is 2. The number of oxazole rings is 1. The Morgan fingerprint density at radius 3 is 2.36 bits per heavy atom. The summed E-state index contributed by atoms with van der Waals surface area (Å²) in [4.78, 5) is 30.7. The number of carboxylic acid groups (broad SMARTS) is 1. The fourth-order valence-electron chi connectivity index (χ4n) is 4.78. The highest BCUT2D eigenvalue weighted by molar-refractivity contribution is 5.76. The maximum Gasteiger partial charge on any atom is 0.415 e. The van der Waals surface area contributed by atoms with Crippen LogP contribution in [0.25, 0.3) is 11.5 Å². The van der Waals surface area contributed by atoms with Gasteiger partial charge in [-0.05, 0) is 61.7 Å². The first-order valence-corrected chi connectivity index (χ1v) is 13.0. The number of rotatable bonds is 9. The highest BCUT2D eigenvalue weighted by Crippen LogP contribution is 2.28. The van der Waals surface area contributed by atoms with E-state index >= 15 is 0 Å². The molecule has 200 valence electrons. The molecule has 1 amide bonds. The smallest absolute Gasteiger partial charge is 0.415 e. The van der Waals surface area contributed by atoms with E-state index in [1.165, 1.54) is 4.90 Å². The third-order valence-corrected chi connectivity index (χ3v) is 6.86. The normalized spacial score (nSPS) is 16.7. The molecule has 3 aromatic carbocycles. The van der Waals surface area contributed by atoms with E-state index in [9.17, 15) is 14.7 Å². The number of carboxylic acids is 1. The maximum absolute atomic E-state index is 12.9. The fourth-order valence-corrected chi connectivity index (χ4v) is 4.78. The number of carbonyl (C=O) groups excluding carboxylic acids is 1. The quantitative estimate of drug-likeness (QED) is 0.295. The lowest BCUT2D eigenvalue weighted by molar-refractivity contribution is -0.141. The van der Waals surface area contributed by atoms with E-state index in [1.54, 1.807) is 24.3 Å². The molecule has 8 heteroatoms. The number of aliphatic carboxylic acids is 1. The van der Waals surface area contributed by atoms with Crippen LogP contribution in [-0.4, -0.2) is 46.2 Å². The number of hydrogen-bond acceptors (Lipinski definition) is 6. The van der Waals surface area contributed by atoms with Crippen LogP contribution in [0.3, 0.4) is 0 Å². The van der Waals surface area contributed by atoms with E-state index in [-0.39, 0.29) is 12.6 Å².